The maximum absolute atomic E-state index is 11.4. The fourth-order valence-electron chi connectivity index (χ4n) is 2.90. The largest absolute Gasteiger partial charge is 0.394 e. The molecule has 2 rings (SSSR count). The highest BCUT2D eigenvalue weighted by atomic mass is 16.8. The first kappa shape index (κ1) is 21.4. The van der Waals surface area contributed by atoms with Crippen LogP contribution in [0.3, 0.4) is 0 Å². The average Bonchev–Trinajstić information content (AvgIpc) is 2.61. The van der Waals surface area contributed by atoms with E-state index < -0.39 is 80.5 Å². The van der Waals surface area contributed by atoms with Gasteiger partial charge in [0.2, 0.25) is 5.91 Å². The molecule has 2 aliphatic heterocycles. The Hall–Kier alpha value is -0.930. The van der Waals surface area contributed by atoms with Crippen molar-refractivity contribution >= 4 is 5.91 Å². The molecule has 152 valence electrons. The van der Waals surface area contributed by atoms with E-state index in [0.29, 0.717) is 0 Å². The van der Waals surface area contributed by atoms with Crippen LogP contribution < -0.4 is 5.32 Å². The first-order valence-electron chi connectivity index (χ1n) is 8.06. The summed E-state index contributed by atoms with van der Waals surface area (Å²) in [6.07, 6.45) is -13.7. The third-order valence-corrected chi connectivity index (χ3v) is 4.37. The predicted octanol–water partition coefficient (Wildman–Crippen LogP) is -5.25. The van der Waals surface area contributed by atoms with Crippen molar-refractivity contribution in [2.24, 2.45) is 0 Å². The van der Waals surface area contributed by atoms with E-state index in [2.05, 4.69) is 5.32 Å². The first-order valence-corrected chi connectivity index (χ1v) is 8.06. The maximum Gasteiger partial charge on any atom is 0.217 e. The third kappa shape index (κ3) is 4.31. The van der Waals surface area contributed by atoms with Gasteiger partial charge in [-0.05, 0) is 0 Å². The summed E-state index contributed by atoms with van der Waals surface area (Å²) in [7, 11) is 0. The molecule has 8 N–H and O–H groups in total. The van der Waals surface area contributed by atoms with Crippen LogP contribution in [-0.4, -0.2) is 116 Å². The van der Waals surface area contributed by atoms with Gasteiger partial charge in [-0.15, -0.1) is 0 Å². The summed E-state index contributed by atoms with van der Waals surface area (Å²) in [6, 6.07) is -1.28. The minimum absolute atomic E-state index is 0.574. The number of nitrogens with one attached hydrogen (secondary N) is 1. The fraction of sp³-hybridized carbons (Fsp3) is 0.929. The molecule has 0 bridgehead atoms. The molecule has 0 aliphatic carbocycles. The molecule has 2 saturated heterocycles. The van der Waals surface area contributed by atoms with E-state index in [1.54, 1.807) is 0 Å². The van der Waals surface area contributed by atoms with Gasteiger partial charge in [0.1, 0.15) is 48.8 Å². The van der Waals surface area contributed by atoms with Crippen LogP contribution in [0.5, 0.6) is 0 Å². The number of aliphatic hydroxyl groups is 7. The van der Waals surface area contributed by atoms with E-state index in [1.807, 2.05) is 0 Å². The number of carbonyl (C=O) groups excluding carboxylic acids is 1. The number of aliphatic hydroxyl groups excluding tert-OH is 7. The first-order chi connectivity index (χ1) is 12.2. The van der Waals surface area contributed by atoms with Gasteiger partial charge in [-0.25, -0.2) is 0 Å². The van der Waals surface area contributed by atoms with Crippen molar-refractivity contribution in [3.8, 4) is 0 Å². The van der Waals surface area contributed by atoms with Crippen molar-refractivity contribution < 1.29 is 54.8 Å². The molecule has 0 spiro atoms. The number of amides is 1. The van der Waals surface area contributed by atoms with Crippen LogP contribution in [0, 0.1) is 0 Å². The summed E-state index contributed by atoms with van der Waals surface area (Å²) in [5.41, 5.74) is 0. The van der Waals surface area contributed by atoms with E-state index in [-0.39, 0.29) is 0 Å². The Morgan fingerprint density at radius 3 is 1.85 bits per heavy atom. The van der Waals surface area contributed by atoms with Crippen LogP contribution >= 0.6 is 0 Å². The van der Waals surface area contributed by atoms with Crippen LogP contribution in [0.4, 0.5) is 0 Å². The monoisotopic (exact) mass is 383 g/mol. The quantitative estimate of drug-likeness (QED) is 0.226. The molecule has 12 nitrogen and oxygen atoms in total. The molecule has 2 heterocycles. The highest BCUT2D eigenvalue weighted by Crippen LogP contribution is 2.28. The number of hydrogen-bond acceptors (Lipinski definition) is 11. The lowest BCUT2D eigenvalue weighted by Gasteiger charge is -2.45. The van der Waals surface area contributed by atoms with Gasteiger partial charge in [-0.3, -0.25) is 4.79 Å². The molecule has 0 aromatic rings. The Kier molecular flexibility index (Phi) is 7.27. The van der Waals surface area contributed by atoms with E-state index in [9.17, 15) is 40.5 Å². The molecular formula is C14H25NO11. The van der Waals surface area contributed by atoms with Crippen molar-refractivity contribution in [1.82, 2.24) is 5.32 Å². The van der Waals surface area contributed by atoms with E-state index >= 15 is 0 Å². The molecule has 26 heavy (non-hydrogen) atoms. The lowest BCUT2D eigenvalue weighted by Crippen LogP contribution is -2.67. The zero-order valence-corrected chi connectivity index (χ0v) is 14.0. The van der Waals surface area contributed by atoms with Crippen LogP contribution in [0.25, 0.3) is 0 Å². The van der Waals surface area contributed by atoms with Gasteiger partial charge < -0.3 is 55.3 Å². The van der Waals surface area contributed by atoms with Crippen LogP contribution in [0.2, 0.25) is 0 Å². The summed E-state index contributed by atoms with van der Waals surface area (Å²) in [5, 5.41) is 70.4. The second-order valence-corrected chi connectivity index (χ2v) is 6.27. The minimum atomic E-state index is -1.73. The third-order valence-electron chi connectivity index (χ3n) is 4.37. The molecule has 0 aromatic carbocycles. The van der Waals surface area contributed by atoms with Gasteiger partial charge in [0.15, 0.2) is 12.6 Å². The smallest absolute Gasteiger partial charge is 0.217 e. The Labute approximate surface area is 148 Å². The molecule has 0 saturated carbocycles. The zero-order chi connectivity index (χ0) is 19.6. The van der Waals surface area contributed by atoms with Crippen molar-refractivity contribution in [2.45, 2.75) is 68.3 Å². The summed E-state index contributed by atoms with van der Waals surface area (Å²) in [6.45, 7) is -0.187. The van der Waals surface area contributed by atoms with Crippen LogP contribution in [0.15, 0.2) is 0 Å². The molecule has 0 aromatic heterocycles. The Morgan fingerprint density at radius 2 is 1.35 bits per heavy atom. The van der Waals surface area contributed by atoms with Crippen molar-refractivity contribution in [3.63, 3.8) is 0 Å². The standard InChI is InChI=1S/C14H25NO11/c1-4(18)15-7-10(21)8(19)5(2-16)24-13(7)26-14-12(23)11(22)9(20)6(3-17)25-14/h5-14,16-17,19-23H,2-3H2,1H3,(H,15,18)/t5-,6-,7-,8-,9+,10-,11+,12-,13?,14?/m1/s1. The van der Waals surface area contributed by atoms with E-state index in [4.69, 9.17) is 14.2 Å². The topological polar surface area (TPSA) is 198 Å². The molecule has 2 aliphatic rings. The van der Waals surface area contributed by atoms with Gasteiger partial charge in [0.25, 0.3) is 0 Å². The SMILES string of the molecule is CC(=O)N[C@H]1C(OC2O[C@H](CO)[C@H](O)[C@H](O)[C@H]2O)O[C@H](CO)[C@@H](O)[C@@H]1O. The average molecular weight is 383 g/mol. The number of rotatable bonds is 5. The summed E-state index contributed by atoms with van der Waals surface area (Å²) < 4.78 is 15.9. The summed E-state index contributed by atoms with van der Waals surface area (Å²) in [4.78, 5) is 11.4. The normalized spacial score (nSPS) is 46.8. The number of hydrogen-bond donors (Lipinski definition) is 8. The molecule has 2 unspecified atom stereocenters. The van der Waals surface area contributed by atoms with Crippen molar-refractivity contribution in [3.05, 3.63) is 0 Å². The molecule has 1 amide bonds. The second-order valence-electron chi connectivity index (χ2n) is 6.27. The molecular weight excluding hydrogens is 358 g/mol. The fourth-order valence-corrected chi connectivity index (χ4v) is 2.90. The van der Waals surface area contributed by atoms with Crippen molar-refractivity contribution in [2.75, 3.05) is 13.2 Å². The van der Waals surface area contributed by atoms with E-state index in [1.165, 1.54) is 0 Å². The van der Waals surface area contributed by atoms with Crippen molar-refractivity contribution in [1.29, 1.82) is 0 Å². The second kappa shape index (κ2) is 8.84. The summed E-state index contributed by atoms with van der Waals surface area (Å²) >= 11 is 0. The maximum atomic E-state index is 11.4. The lowest BCUT2D eigenvalue weighted by molar-refractivity contribution is -0.363. The zero-order valence-electron chi connectivity index (χ0n) is 14.0. The molecule has 12 heteroatoms. The Balaban J connectivity index is 2.18. The highest BCUT2D eigenvalue weighted by Gasteiger charge is 2.50. The van der Waals surface area contributed by atoms with Gasteiger partial charge in [0, 0.05) is 6.92 Å². The van der Waals surface area contributed by atoms with Gasteiger partial charge in [-0.2, -0.15) is 0 Å². The minimum Gasteiger partial charge on any atom is -0.394 e. The molecule has 0 radical (unpaired) electrons. The molecule has 2 fully saturated rings. The van der Waals surface area contributed by atoms with E-state index in [0.717, 1.165) is 6.92 Å². The van der Waals surface area contributed by atoms with Gasteiger partial charge >= 0.3 is 0 Å². The van der Waals surface area contributed by atoms with Crippen LogP contribution in [0.1, 0.15) is 6.92 Å². The number of carbonyl (C=O) groups is 1. The number of ether oxygens (including phenoxy) is 3. The lowest BCUT2D eigenvalue weighted by atomic mass is 9.96. The predicted molar refractivity (Wildman–Crippen MR) is 80.2 cm³/mol. The van der Waals surface area contributed by atoms with Gasteiger partial charge in [-0.1, -0.05) is 0 Å². The summed E-state index contributed by atoms with van der Waals surface area (Å²) in [5.74, 6) is -0.574. The Morgan fingerprint density at radius 1 is 0.846 bits per heavy atom. The Bertz CT molecular complexity index is 478. The molecule has 10 atom stereocenters. The highest BCUT2D eigenvalue weighted by molar-refractivity contribution is 5.73. The van der Waals surface area contributed by atoms with Gasteiger partial charge in [0.05, 0.1) is 13.2 Å². The van der Waals surface area contributed by atoms with Crippen LogP contribution in [-0.2, 0) is 19.0 Å².